The fraction of sp³-hybridized carbons (Fsp3) is 0.278. The molecule has 1 aliphatic heterocycles. The highest BCUT2D eigenvalue weighted by molar-refractivity contribution is 6.30. The molecule has 0 bridgehead atoms. The molecule has 26 heavy (non-hydrogen) atoms. The van der Waals surface area contributed by atoms with Gasteiger partial charge in [-0.2, -0.15) is 0 Å². The zero-order valence-electron chi connectivity index (χ0n) is 14.0. The monoisotopic (exact) mass is 376 g/mol. The lowest BCUT2D eigenvalue weighted by Gasteiger charge is -2.16. The standard InChI is InChI=1S/C18H17ClN2O5/c1-10-15(18(24)25)7-14(26-10)8-20-17(23)11-6-16(22)21(9-11)13-4-2-12(19)3-5-13/h2-5,7,11H,6,8-9H2,1H3,(H,20,23)(H,24,25). The number of furan rings is 1. The van der Waals surface area contributed by atoms with Gasteiger partial charge in [0.25, 0.3) is 0 Å². The maximum Gasteiger partial charge on any atom is 0.339 e. The fourth-order valence-corrected chi connectivity index (χ4v) is 3.04. The van der Waals surface area contributed by atoms with Gasteiger partial charge in [-0.15, -0.1) is 0 Å². The summed E-state index contributed by atoms with van der Waals surface area (Å²) in [4.78, 5) is 37.1. The lowest BCUT2D eigenvalue weighted by Crippen LogP contribution is -2.32. The van der Waals surface area contributed by atoms with Gasteiger partial charge in [0.05, 0.1) is 12.5 Å². The maximum absolute atomic E-state index is 12.4. The highest BCUT2D eigenvalue weighted by Gasteiger charge is 2.35. The second kappa shape index (κ2) is 7.21. The summed E-state index contributed by atoms with van der Waals surface area (Å²) in [7, 11) is 0. The third-order valence-electron chi connectivity index (χ3n) is 4.27. The molecular weight excluding hydrogens is 360 g/mol. The van der Waals surface area contributed by atoms with Crippen LogP contribution >= 0.6 is 11.6 Å². The molecule has 7 nitrogen and oxygen atoms in total. The summed E-state index contributed by atoms with van der Waals surface area (Å²) >= 11 is 5.85. The lowest BCUT2D eigenvalue weighted by atomic mass is 10.1. The SMILES string of the molecule is Cc1oc(CNC(=O)C2CC(=O)N(c3ccc(Cl)cc3)C2)cc1C(=O)O. The normalized spacial score (nSPS) is 16.8. The van der Waals surface area contributed by atoms with Gasteiger partial charge in [-0.3, -0.25) is 9.59 Å². The molecule has 1 aromatic carbocycles. The Hall–Kier alpha value is -2.80. The molecule has 1 atom stereocenters. The van der Waals surface area contributed by atoms with Crippen LogP contribution in [0.4, 0.5) is 5.69 Å². The van der Waals surface area contributed by atoms with Gasteiger partial charge in [0, 0.05) is 23.7 Å². The van der Waals surface area contributed by atoms with Gasteiger partial charge in [0.2, 0.25) is 11.8 Å². The first-order valence-electron chi connectivity index (χ1n) is 8.01. The van der Waals surface area contributed by atoms with Crippen molar-refractivity contribution >= 4 is 35.1 Å². The molecule has 2 amide bonds. The van der Waals surface area contributed by atoms with E-state index in [9.17, 15) is 14.4 Å². The Labute approximate surface area is 154 Å². The Morgan fingerprint density at radius 3 is 2.65 bits per heavy atom. The number of rotatable bonds is 5. The number of benzene rings is 1. The molecule has 8 heteroatoms. The minimum atomic E-state index is -1.08. The molecule has 1 aromatic heterocycles. The minimum absolute atomic E-state index is 0.0680. The number of anilines is 1. The number of carbonyl (C=O) groups excluding carboxylic acids is 2. The number of hydrogen-bond donors (Lipinski definition) is 2. The summed E-state index contributed by atoms with van der Waals surface area (Å²) in [5.74, 6) is -1.33. The molecule has 1 fully saturated rings. The minimum Gasteiger partial charge on any atom is -0.478 e. The van der Waals surface area contributed by atoms with E-state index in [-0.39, 0.29) is 42.6 Å². The Morgan fingerprint density at radius 1 is 1.35 bits per heavy atom. The van der Waals surface area contributed by atoms with E-state index in [1.54, 1.807) is 36.1 Å². The van der Waals surface area contributed by atoms with Crippen molar-refractivity contribution < 1.29 is 23.9 Å². The second-order valence-corrected chi connectivity index (χ2v) is 6.52. The molecule has 2 aromatic rings. The Morgan fingerprint density at radius 2 is 2.04 bits per heavy atom. The van der Waals surface area contributed by atoms with Gasteiger partial charge in [-0.25, -0.2) is 4.79 Å². The van der Waals surface area contributed by atoms with Crippen molar-refractivity contribution in [2.45, 2.75) is 19.9 Å². The number of hydrogen-bond acceptors (Lipinski definition) is 4. The smallest absolute Gasteiger partial charge is 0.339 e. The van der Waals surface area contributed by atoms with Crippen molar-refractivity contribution in [3.05, 3.63) is 52.4 Å². The highest BCUT2D eigenvalue weighted by Crippen LogP contribution is 2.26. The summed E-state index contributed by atoms with van der Waals surface area (Å²) in [6, 6.07) is 8.24. The van der Waals surface area contributed by atoms with E-state index in [1.165, 1.54) is 6.07 Å². The summed E-state index contributed by atoms with van der Waals surface area (Å²) in [5, 5.41) is 12.3. The van der Waals surface area contributed by atoms with Crippen molar-refractivity contribution in [2.24, 2.45) is 5.92 Å². The van der Waals surface area contributed by atoms with Gasteiger partial charge in [-0.05, 0) is 37.3 Å². The van der Waals surface area contributed by atoms with E-state index in [4.69, 9.17) is 21.1 Å². The quantitative estimate of drug-likeness (QED) is 0.835. The Kier molecular flexibility index (Phi) is 4.99. The largest absolute Gasteiger partial charge is 0.478 e. The number of carbonyl (C=O) groups is 3. The molecule has 0 aliphatic carbocycles. The van der Waals surface area contributed by atoms with Crippen molar-refractivity contribution in [2.75, 3.05) is 11.4 Å². The molecule has 3 rings (SSSR count). The van der Waals surface area contributed by atoms with Crippen LogP contribution in [0.1, 0.15) is 28.3 Å². The first-order valence-corrected chi connectivity index (χ1v) is 8.39. The number of nitrogens with zero attached hydrogens (tertiary/aromatic N) is 1. The topological polar surface area (TPSA) is 99.9 Å². The number of carboxylic acids is 1. The molecule has 0 saturated carbocycles. The van der Waals surface area contributed by atoms with Crippen molar-refractivity contribution in [3.8, 4) is 0 Å². The molecule has 1 saturated heterocycles. The lowest BCUT2D eigenvalue weighted by molar-refractivity contribution is -0.126. The summed E-state index contributed by atoms with van der Waals surface area (Å²) in [5.41, 5.74) is 0.765. The number of halogens is 1. The zero-order chi connectivity index (χ0) is 18.8. The first-order chi connectivity index (χ1) is 12.3. The van der Waals surface area contributed by atoms with Gasteiger partial charge in [-0.1, -0.05) is 11.6 Å². The molecule has 1 unspecified atom stereocenters. The second-order valence-electron chi connectivity index (χ2n) is 6.09. The van der Waals surface area contributed by atoms with Crippen LogP contribution in [0.15, 0.2) is 34.7 Å². The number of aromatic carboxylic acids is 1. The van der Waals surface area contributed by atoms with Gasteiger partial charge >= 0.3 is 5.97 Å². The highest BCUT2D eigenvalue weighted by atomic mass is 35.5. The zero-order valence-corrected chi connectivity index (χ0v) is 14.7. The van der Waals surface area contributed by atoms with Crippen LogP contribution in [0, 0.1) is 12.8 Å². The Bertz CT molecular complexity index is 859. The van der Waals surface area contributed by atoms with E-state index < -0.39 is 11.9 Å². The predicted molar refractivity (Wildman–Crippen MR) is 94.2 cm³/mol. The molecule has 1 aliphatic rings. The molecule has 136 valence electrons. The van der Waals surface area contributed by atoms with E-state index in [1.807, 2.05) is 0 Å². The number of nitrogens with one attached hydrogen (secondary N) is 1. The fourth-order valence-electron chi connectivity index (χ4n) is 2.92. The van der Waals surface area contributed by atoms with Crippen molar-refractivity contribution in [1.29, 1.82) is 0 Å². The third-order valence-corrected chi connectivity index (χ3v) is 4.52. The molecule has 0 spiro atoms. The van der Waals surface area contributed by atoms with Crippen molar-refractivity contribution in [3.63, 3.8) is 0 Å². The number of amides is 2. The van der Waals surface area contributed by atoms with Crippen LogP contribution in [0.25, 0.3) is 0 Å². The third kappa shape index (κ3) is 3.72. The molecule has 2 N–H and O–H groups in total. The van der Waals surface area contributed by atoms with Crippen LogP contribution in [0.5, 0.6) is 0 Å². The summed E-state index contributed by atoms with van der Waals surface area (Å²) in [6.45, 7) is 1.90. The van der Waals surface area contributed by atoms with Crippen LogP contribution in [-0.4, -0.2) is 29.4 Å². The van der Waals surface area contributed by atoms with E-state index in [2.05, 4.69) is 5.32 Å². The Balaban J connectivity index is 1.60. The van der Waals surface area contributed by atoms with Crippen LogP contribution in [0.2, 0.25) is 5.02 Å². The molecular formula is C18H17ClN2O5. The van der Waals surface area contributed by atoms with Gasteiger partial charge < -0.3 is 19.7 Å². The van der Waals surface area contributed by atoms with Crippen LogP contribution < -0.4 is 10.2 Å². The summed E-state index contributed by atoms with van der Waals surface area (Å²) in [6.07, 6.45) is 0.117. The molecule has 2 heterocycles. The predicted octanol–water partition coefficient (Wildman–Crippen LogP) is 2.61. The first kappa shape index (κ1) is 18.0. The average molecular weight is 377 g/mol. The van der Waals surface area contributed by atoms with E-state index >= 15 is 0 Å². The van der Waals surface area contributed by atoms with E-state index in [0.717, 1.165) is 0 Å². The molecule has 0 radical (unpaired) electrons. The van der Waals surface area contributed by atoms with Gasteiger partial charge in [0.15, 0.2) is 0 Å². The van der Waals surface area contributed by atoms with Crippen molar-refractivity contribution in [1.82, 2.24) is 5.32 Å². The summed E-state index contributed by atoms with van der Waals surface area (Å²) < 4.78 is 5.33. The van der Waals surface area contributed by atoms with E-state index in [0.29, 0.717) is 16.5 Å². The number of carboxylic acid groups (broad SMARTS) is 1. The van der Waals surface area contributed by atoms with Gasteiger partial charge in [0.1, 0.15) is 17.1 Å². The number of aryl methyl sites for hydroxylation is 1. The maximum atomic E-state index is 12.4. The average Bonchev–Trinajstić information content (AvgIpc) is 3.16. The van der Waals surface area contributed by atoms with Crippen LogP contribution in [-0.2, 0) is 16.1 Å². The van der Waals surface area contributed by atoms with Crippen LogP contribution in [0.3, 0.4) is 0 Å².